The number of pyridine rings is 1. The summed E-state index contributed by atoms with van der Waals surface area (Å²) in [6.07, 6.45) is 6.70. The molecule has 0 spiro atoms. The highest BCUT2D eigenvalue weighted by Gasteiger charge is 2.10. The van der Waals surface area contributed by atoms with Crippen LogP contribution >= 0.6 is 11.3 Å². The highest BCUT2D eigenvalue weighted by atomic mass is 32.1. The molecule has 0 aromatic carbocycles. The minimum atomic E-state index is 0.343. The SMILES string of the molecule is CCC(NCc1cncc(C)c1)c1nccs1. The molecule has 0 aliphatic heterocycles. The van der Waals surface area contributed by atoms with Crippen molar-refractivity contribution < 1.29 is 0 Å². The minimum Gasteiger partial charge on any atom is -0.304 e. The molecule has 0 bridgehead atoms. The van der Waals surface area contributed by atoms with Gasteiger partial charge in [0.1, 0.15) is 5.01 Å². The molecule has 2 aromatic rings. The molecule has 3 nitrogen and oxygen atoms in total. The Morgan fingerprint density at radius 3 is 2.94 bits per heavy atom. The van der Waals surface area contributed by atoms with Crippen molar-refractivity contribution in [2.24, 2.45) is 0 Å². The molecule has 0 amide bonds. The first-order valence-electron chi connectivity index (χ1n) is 5.83. The summed E-state index contributed by atoms with van der Waals surface area (Å²) in [5, 5.41) is 6.71. The summed E-state index contributed by atoms with van der Waals surface area (Å²) in [5.41, 5.74) is 2.42. The van der Waals surface area contributed by atoms with E-state index in [9.17, 15) is 0 Å². The third-order valence-corrected chi connectivity index (χ3v) is 3.53. The van der Waals surface area contributed by atoms with E-state index >= 15 is 0 Å². The molecule has 1 unspecified atom stereocenters. The molecule has 1 N–H and O–H groups in total. The number of hydrogen-bond donors (Lipinski definition) is 1. The van der Waals surface area contributed by atoms with Crippen molar-refractivity contribution in [3.63, 3.8) is 0 Å². The summed E-state index contributed by atoms with van der Waals surface area (Å²) in [4.78, 5) is 8.56. The van der Waals surface area contributed by atoms with Crippen LogP contribution in [0.3, 0.4) is 0 Å². The van der Waals surface area contributed by atoms with Gasteiger partial charge in [0, 0.05) is 30.5 Å². The van der Waals surface area contributed by atoms with Crippen LogP contribution in [-0.2, 0) is 6.54 Å². The molecule has 90 valence electrons. The molecule has 2 heterocycles. The Kier molecular flexibility index (Phi) is 4.23. The molecule has 2 aromatic heterocycles. The molecule has 0 aliphatic carbocycles. The Hall–Kier alpha value is -1.26. The highest BCUT2D eigenvalue weighted by Crippen LogP contribution is 2.19. The number of thiazole rings is 1. The van der Waals surface area contributed by atoms with Gasteiger partial charge in [-0.15, -0.1) is 11.3 Å². The van der Waals surface area contributed by atoms with Crippen LogP contribution in [0.5, 0.6) is 0 Å². The topological polar surface area (TPSA) is 37.8 Å². The van der Waals surface area contributed by atoms with E-state index in [2.05, 4.69) is 35.2 Å². The van der Waals surface area contributed by atoms with Crippen LogP contribution < -0.4 is 5.32 Å². The summed E-state index contributed by atoms with van der Waals surface area (Å²) < 4.78 is 0. The third kappa shape index (κ3) is 3.35. The quantitative estimate of drug-likeness (QED) is 0.882. The Bertz CT molecular complexity index is 453. The van der Waals surface area contributed by atoms with E-state index in [-0.39, 0.29) is 0 Å². The fraction of sp³-hybridized carbons (Fsp3) is 0.385. The van der Waals surface area contributed by atoms with Gasteiger partial charge < -0.3 is 5.32 Å². The zero-order valence-corrected chi connectivity index (χ0v) is 11.0. The average molecular weight is 247 g/mol. The monoisotopic (exact) mass is 247 g/mol. The molecule has 0 aliphatic rings. The molecule has 0 saturated carbocycles. The average Bonchev–Trinajstić information content (AvgIpc) is 2.84. The largest absolute Gasteiger partial charge is 0.304 e. The molecule has 0 saturated heterocycles. The molecule has 4 heteroatoms. The zero-order valence-electron chi connectivity index (χ0n) is 10.2. The maximum Gasteiger partial charge on any atom is 0.109 e. The number of aromatic nitrogens is 2. The minimum absolute atomic E-state index is 0.343. The van der Waals surface area contributed by atoms with E-state index < -0.39 is 0 Å². The lowest BCUT2D eigenvalue weighted by Crippen LogP contribution is -2.20. The van der Waals surface area contributed by atoms with Gasteiger partial charge in [-0.1, -0.05) is 13.0 Å². The predicted molar refractivity (Wildman–Crippen MR) is 71.0 cm³/mol. The smallest absolute Gasteiger partial charge is 0.109 e. The zero-order chi connectivity index (χ0) is 12.1. The van der Waals surface area contributed by atoms with Gasteiger partial charge in [-0.2, -0.15) is 0 Å². The summed E-state index contributed by atoms with van der Waals surface area (Å²) in [5.74, 6) is 0. The van der Waals surface area contributed by atoms with Crippen molar-refractivity contribution in [2.45, 2.75) is 32.9 Å². The number of rotatable bonds is 5. The van der Waals surface area contributed by atoms with Gasteiger partial charge in [0.2, 0.25) is 0 Å². The summed E-state index contributed by atoms with van der Waals surface area (Å²) >= 11 is 1.70. The molecule has 0 fully saturated rings. The van der Waals surface area contributed by atoms with E-state index in [1.54, 1.807) is 11.3 Å². The second-order valence-electron chi connectivity index (χ2n) is 4.08. The second kappa shape index (κ2) is 5.89. The second-order valence-corrected chi connectivity index (χ2v) is 5.01. The summed E-state index contributed by atoms with van der Waals surface area (Å²) in [7, 11) is 0. The van der Waals surface area contributed by atoms with Gasteiger partial charge in [-0.3, -0.25) is 4.98 Å². The maximum absolute atomic E-state index is 4.36. The predicted octanol–water partition coefficient (Wildman–Crippen LogP) is 3.09. The van der Waals surface area contributed by atoms with E-state index in [1.165, 1.54) is 11.1 Å². The Balaban J connectivity index is 1.97. The van der Waals surface area contributed by atoms with Crippen molar-refractivity contribution >= 4 is 11.3 Å². The number of hydrogen-bond acceptors (Lipinski definition) is 4. The third-order valence-electron chi connectivity index (χ3n) is 2.64. The fourth-order valence-corrected chi connectivity index (χ4v) is 2.57. The summed E-state index contributed by atoms with van der Waals surface area (Å²) in [6.45, 7) is 5.08. The first-order chi connectivity index (χ1) is 8.29. The van der Waals surface area contributed by atoms with Gasteiger partial charge in [0.25, 0.3) is 0 Å². The summed E-state index contributed by atoms with van der Waals surface area (Å²) in [6, 6.07) is 2.50. The lowest BCUT2D eigenvalue weighted by atomic mass is 10.2. The molecular weight excluding hydrogens is 230 g/mol. The van der Waals surface area contributed by atoms with Crippen LogP contribution in [0.15, 0.2) is 30.0 Å². The van der Waals surface area contributed by atoms with Gasteiger partial charge in [0.15, 0.2) is 0 Å². The normalized spacial score (nSPS) is 12.6. The van der Waals surface area contributed by atoms with Crippen LogP contribution in [0.4, 0.5) is 0 Å². The van der Waals surface area contributed by atoms with Gasteiger partial charge in [0.05, 0.1) is 6.04 Å². The first kappa shape index (κ1) is 12.2. The van der Waals surface area contributed by atoms with Crippen molar-refractivity contribution in [2.75, 3.05) is 0 Å². The number of aryl methyl sites for hydroxylation is 1. The van der Waals surface area contributed by atoms with Crippen molar-refractivity contribution in [3.8, 4) is 0 Å². The van der Waals surface area contributed by atoms with Crippen LogP contribution in [0.1, 0.15) is 35.5 Å². The van der Waals surface area contributed by atoms with Crippen LogP contribution in [0.2, 0.25) is 0 Å². The maximum atomic E-state index is 4.36. The standard InChI is InChI=1S/C13H17N3S/c1-3-12(13-15-4-5-17-13)16-9-11-6-10(2)7-14-8-11/h4-8,12,16H,3,9H2,1-2H3. The van der Waals surface area contributed by atoms with Gasteiger partial charge >= 0.3 is 0 Å². The molecule has 0 radical (unpaired) electrons. The number of nitrogens with zero attached hydrogens (tertiary/aromatic N) is 2. The van der Waals surface area contributed by atoms with Crippen LogP contribution in [0, 0.1) is 6.92 Å². The van der Waals surface area contributed by atoms with E-state index in [0.29, 0.717) is 6.04 Å². The molecule has 1 atom stereocenters. The Morgan fingerprint density at radius 2 is 2.29 bits per heavy atom. The van der Waals surface area contributed by atoms with Crippen molar-refractivity contribution in [3.05, 3.63) is 46.2 Å². The molecular formula is C13H17N3S. The van der Waals surface area contributed by atoms with Crippen LogP contribution in [-0.4, -0.2) is 9.97 Å². The first-order valence-corrected chi connectivity index (χ1v) is 6.71. The molecule has 17 heavy (non-hydrogen) atoms. The van der Waals surface area contributed by atoms with Crippen molar-refractivity contribution in [1.29, 1.82) is 0 Å². The van der Waals surface area contributed by atoms with E-state index in [0.717, 1.165) is 18.0 Å². The van der Waals surface area contributed by atoms with Crippen molar-refractivity contribution in [1.82, 2.24) is 15.3 Å². The van der Waals surface area contributed by atoms with Gasteiger partial charge in [-0.25, -0.2) is 4.98 Å². The molecule has 2 rings (SSSR count). The number of nitrogens with one attached hydrogen (secondary N) is 1. The van der Waals surface area contributed by atoms with Gasteiger partial charge in [-0.05, 0) is 24.5 Å². The highest BCUT2D eigenvalue weighted by molar-refractivity contribution is 7.09. The lowest BCUT2D eigenvalue weighted by Gasteiger charge is -2.14. The van der Waals surface area contributed by atoms with Crippen LogP contribution in [0.25, 0.3) is 0 Å². The van der Waals surface area contributed by atoms with E-state index in [1.807, 2.05) is 24.0 Å². The lowest BCUT2D eigenvalue weighted by molar-refractivity contribution is 0.516. The Labute approximate surface area is 106 Å². The van der Waals surface area contributed by atoms with E-state index in [4.69, 9.17) is 0 Å². The Morgan fingerprint density at radius 1 is 1.41 bits per heavy atom. The fourth-order valence-electron chi connectivity index (χ4n) is 1.77.